The molecule has 0 aromatic carbocycles. The van der Waals surface area contributed by atoms with Crippen molar-refractivity contribution in [3.05, 3.63) is 11.1 Å². The van der Waals surface area contributed by atoms with E-state index in [4.69, 9.17) is 22.2 Å². The van der Waals surface area contributed by atoms with Crippen LogP contribution >= 0.6 is 11.6 Å². The molecule has 1 heterocycles. The highest BCUT2D eigenvalue weighted by atomic mass is 35.5. The number of amidine groups is 1. The van der Waals surface area contributed by atoms with E-state index in [1.165, 1.54) is 0 Å². The van der Waals surface area contributed by atoms with Crippen molar-refractivity contribution in [3.8, 4) is 0 Å². The van der Waals surface area contributed by atoms with E-state index < -0.39 is 0 Å². The largest absolute Gasteiger partial charge is 0.378 e. The van der Waals surface area contributed by atoms with Crippen molar-refractivity contribution >= 4 is 17.4 Å². The molecular weight excluding hydrogens is 190 g/mol. The maximum atomic E-state index is 5.74. The fourth-order valence-corrected chi connectivity index (χ4v) is 1.28. The number of halogens is 1. The van der Waals surface area contributed by atoms with E-state index in [0.717, 1.165) is 18.9 Å². The van der Waals surface area contributed by atoms with Crippen LogP contribution in [0, 0.1) is 0 Å². The molecule has 0 aromatic heterocycles. The summed E-state index contributed by atoms with van der Waals surface area (Å²) in [5.41, 5.74) is 0. The van der Waals surface area contributed by atoms with E-state index in [0.29, 0.717) is 18.2 Å². The van der Waals surface area contributed by atoms with E-state index in [9.17, 15) is 0 Å². The molecule has 0 radical (unpaired) electrons. The zero-order valence-corrected chi connectivity index (χ0v) is 8.42. The van der Waals surface area contributed by atoms with Crippen LogP contribution < -0.4 is 5.84 Å². The summed E-state index contributed by atoms with van der Waals surface area (Å²) in [6, 6.07) is 0. The molecule has 0 bridgehead atoms. The first-order valence-corrected chi connectivity index (χ1v) is 4.56. The Morgan fingerprint density at radius 1 is 1.54 bits per heavy atom. The highest BCUT2D eigenvalue weighted by molar-refractivity contribution is 6.30. The third-order valence-corrected chi connectivity index (χ3v) is 1.90. The number of nitrogens with two attached hydrogens (primary N) is 1. The van der Waals surface area contributed by atoms with Gasteiger partial charge in [-0.25, -0.2) is 0 Å². The molecule has 0 aromatic rings. The molecule has 74 valence electrons. The summed E-state index contributed by atoms with van der Waals surface area (Å²) in [6.07, 6.45) is 1.76. The van der Waals surface area contributed by atoms with E-state index in [1.807, 2.05) is 0 Å². The summed E-state index contributed by atoms with van der Waals surface area (Å²) >= 11 is 5.74. The summed E-state index contributed by atoms with van der Waals surface area (Å²) in [5, 5.41) is 4.35. The van der Waals surface area contributed by atoms with Gasteiger partial charge in [0, 0.05) is 18.1 Å². The van der Waals surface area contributed by atoms with Crippen molar-refractivity contribution in [2.24, 2.45) is 10.9 Å². The molecule has 5 heteroatoms. The quantitative estimate of drug-likeness (QED) is 0.296. The van der Waals surface area contributed by atoms with Crippen LogP contribution in [0.2, 0.25) is 0 Å². The minimum absolute atomic E-state index is 0.677. The van der Waals surface area contributed by atoms with Crippen LogP contribution in [0.1, 0.15) is 6.92 Å². The van der Waals surface area contributed by atoms with E-state index >= 15 is 0 Å². The lowest BCUT2D eigenvalue weighted by molar-refractivity contribution is 0.0683. The maximum absolute atomic E-state index is 5.74. The smallest absolute Gasteiger partial charge is 0.149 e. The van der Waals surface area contributed by atoms with Gasteiger partial charge in [0.1, 0.15) is 5.84 Å². The van der Waals surface area contributed by atoms with Gasteiger partial charge in [-0.2, -0.15) is 5.10 Å². The molecule has 0 spiro atoms. The number of hydrogen-bond acceptors (Lipinski definition) is 3. The standard InChI is InChI=1S/C8H14ClN3O/c1-7(9)6-8(11-10)12-2-4-13-5-3-12/h6H,2-5,10H2,1H3/b7-6+,11-8-. The molecule has 1 saturated heterocycles. The molecule has 0 unspecified atom stereocenters. The highest BCUT2D eigenvalue weighted by Crippen LogP contribution is 2.04. The first-order valence-electron chi connectivity index (χ1n) is 4.18. The first kappa shape index (κ1) is 10.3. The van der Waals surface area contributed by atoms with Gasteiger partial charge in [-0.1, -0.05) is 11.6 Å². The van der Waals surface area contributed by atoms with Crippen molar-refractivity contribution in [1.29, 1.82) is 0 Å². The van der Waals surface area contributed by atoms with Crippen molar-refractivity contribution in [3.63, 3.8) is 0 Å². The lowest BCUT2D eigenvalue weighted by Crippen LogP contribution is -2.40. The SMILES string of the molecule is C/C(Cl)=C\C(=N\N)N1CCOCC1. The van der Waals surface area contributed by atoms with Crippen LogP contribution in [0.3, 0.4) is 0 Å². The zero-order valence-electron chi connectivity index (χ0n) is 7.66. The average Bonchev–Trinajstić information content (AvgIpc) is 2.15. The van der Waals surface area contributed by atoms with Crippen molar-refractivity contribution < 1.29 is 4.74 Å². The summed E-state index contributed by atoms with van der Waals surface area (Å²) in [5.74, 6) is 5.97. The molecule has 13 heavy (non-hydrogen) atoms. The zero-order chi connectivity index (χ0) is 9.68. The molecule has 0 amide bonds. The fraction of sp³-hybridized carbons (Fsp3) is 0.625. The van der Waals surface area contributed by atoms with Gasteiger partial charge in [-0.05, 0) is 13.0 Å². The average molecular weight is 204 g/mol. The minimum Gasteiger partial charge on any atom is -0.378 e. The molecule has 4 nitrogen and oxygen atoms in total. The van der Waals surface area contributed by atoms with Crippen molar-refractivity contribution in [2.75, 3.05) is 26.3 Å². The maximum Gasteiger partial charge on any atom is 0.149 e. The predicted octanol–water partition coefficient (Wildman–Crippen LogP) is 0.733. The molecular formula is C8H14ClN3O. The highest BCUT2D eigenvalue weighted by Gasteiger charge is 2.12. The summed E-state index contributed by atoms with van der Waals surface area (Å²) < 4.78 is 5.21. The minimum atomic E-state index is 0.677. The molecule has 0 saturated carbocycles. The van der Waals surface area contributed by atoms with Crippen LogP contribution in [0.15, 0.2) is 16.2 Å². The molecule has 1 aliphatic heterocycles. The van der Waals surface area contributed by atoms with Crippen molar-refractivity contribution in [1.82, 2.24) is 4.90 Å². The number of ether oxygens (including phenoxy) is 1. The lowest BCUT2D eigenvalue weighted by atomic mass is 10.3. The Balaban J connectivity index is 2.60. The Morgan fingerprint density at radius 2 is 2.15 bits per heavy atom. The Kier molecular flexibility index (Phi) is 4.05. The van der Waals surface area contributed by atoms with Crippen LogP contribution in [-0.2, 0) is 4.74 Å². The van der Waals surface area contributed by atoms with E-state index in [-0.39, 0.29) is 0 Å². The van der Waals surface area contributed by atoms with Gasteiger partial charge in [0.05, 0.1) is 13.2 Å². The molecule has 1 aliphatic rings. The van der Waals surface area contributed by atoms with Gasteiger partial charge in [0.15, 0.2) is 0 Å². The fourth-order valence-electron chi connectivity index (χ4n) is 1.18. The van der Waals surface area contributed by atoms with Crippen LogP contribution in [0.25, 0.3) is 0 Å². The first-order chi connectivity index (χ1) is 6.24. The number of rotatable bonds is 1. The Morgan fingerprint density at radius 3 is 2.62 bits per heavy atom. The van der Waals surface area contributed by atoms with Crippen LogP contribution in [0.4, 0.5) is 0 Å². The monoisotopic (exact) mass is 203 g/mol. The van der Waals surface area contributed by atoms with Gasteiger partial charge in [-0.3, -0.25) is 0 Å². The van der Waals surface area contributed by atoms with Gasteiger partial charge >= 0.3 is 0 Å². The van der Waals surface area contributed by atoms with Gasteiger partial charge in [0.25, 0.3) is 0 Å². The van der Waals surface area contributed by atoms with Crippen molar-refractivity contribution in [2.45, 2.75) is 6.92 Å². The third-order valence-electron chi connectivity index (χ3n) is 1.80. The van der Waals surface area contributed by atoms with Gasteiger partial charge in [0.2, 0.25) is 0 Å². The second kappa shape index (κ2) is 5.09. The molecule has 0 atom stereocenters. The lowest BCUT2D eigenvalue weighted by Gasteiger charge is -2.28. The molecule has 1 fully saturated rings. The van der Waals surface area contributed by atoms with Gasteiger partial charge < -0.3 is 15.5 Å². The molecule has 1 rings (SSSR count). The number of morpholine rings is 1. The normalized spacial score (nSPS) is 20.6. The van der Waals surface area contributed by atoms with E-state index in [2.05, 4.69) is 10.0 Å². The Bertz CT molecular complexity index is 217. The predicted molar refractivity (Wildman–Crippen MR) is 53.6 cm³/mol. The number of nitrogens with zero attached hydrogens (tertiary/aromatic N) is 2. The van der Waals surface area contributed by atoms with Crippen LogP contribution in [-0.4, -0.2) is 37.0 Å². The second-order valence-corrected chi connectivity index (χ2v) is 3.41. The number of hydrazone groups is 1. The third kappa shape index (κ3) is 3.24. The summed E-state index contributed by atoms with van der Waals surface area (Å²) in [4.78, 5) is 2.05. The molecule has 2 N–H and O–H groups in total. The topological polar surface area (TPSA) is 50.8 Å². The van der Waals surface area contributed by atoms with E-state index in [1.54, 1.807) is 13.0 Å². The summed E-state index contributed by atoms with van der Waals surface area (Å²) in [6.45, 7) is 4.86. The molecule has 0 aliphatic carbocycles. The number of allylic oxidation sites excluding steroid dienone is 1. The van der Waals surface area contributed by atoms with Gasteiger partial charge in [-0.15, -0.1) is 0 Å². The second-order valence-electron chi connectivity index (χ2n) is 2.82. The Hall–Kier alpha value is -0.740. The summed E-state index contributed by atoms with van der Waals surface area (Å²) in [7, 11) is 0. The number of hydrogen-bond donors (Lipinski definition) is 1. The Labute approximate surface area is 83.0 Å². The van der Waals surface area contributed by atoms with Crippen LogP contribution in [0.5, 0.6) is 0 Å².